The maximum atomic E-state index is 3.60. The van der Waals surface area contributed by atoms with Crippen molar-refractivity contribution in [2.45, 2.75) is 32.4 Å². The van der Waals surface area contributed by atoms with E-state index in [1.54, 1.807) is 0 Å². The van der Waals surface area contributed by atoms with Gasteiger partial charge in [0.05, 0.1) is 0 Å². The Morgan fingerprint density at radius 2 is 2.21 bits per heavy atom. The standard InChI is InChI=1S/C11H25N3/c1-9(2)7-10(12-3)11-8-14(4)6-5-13-11/h9-13H,5-8H2,1-4H3. The lowest BCUT2D eigenvalue weighted by Gasteiger charge is -2.36. The molecule has 0 aliphatic carbocycles. The lowest BCUT2D eigenvalue weighted by molar-refractivity contribution is 0.198. The minimum Gasteiger partial charge on any atom is -0.315 e. The molecule has 2 unspecified atom stereocenters. The van der Waals surface area contributed by atoms with E-state index in [0.29, 0.717) is 12.1 Å². The van der Waals surface area contributed by atoms with Gasteiger partial charge < -0.3 is 15.5 Å². The molecule has 14 heavy (non-hydrogen) atoms. The fourth-order valence-corrected chi connectivity index (χ4v) is 2.19. The van der Waals surface area contributed by atoms with Gasteiger partial charge in [0.1, 0.15) is 0 Å². The van der Waals surface area contributed by atoms with Gasteiger partial charge in [0.25, 0.3) is 0 Å². The van der Waals surface area contributed by atoms with Crippen LogP contribution in [0.25, 0.3) is 0 Å². The van der Waals surface area contributed by atoms with Crippen LogP contribution in [0.15, 0.2) is 0 Å². The average molecular weight is 199 g/mol. The maximum absolute atomic E-state index is 3.60. The third kappa shape index (κ3) is 3.56. The van der Waals surface area contributed by atoms with Crippen molar-refractivity contribution >= 4 is 0 Å². The molecule has 84 valence electrons. The number of likely N-dealkylation sites (N-methyl/N-ethyl adjacent to an activating group) is 2. The molecule has 1 fully saturated rings. The van der Waals surface area contributed by atoms with Crippen molar-refractivity contribution in [1.82, 2.24) is 15.5 Å². The van der Waals surface area contributed by atoms with Gasteiger partial charge in [-0.1, -0.05) is 13.8 Å². The average Bonchev–Trinajstić information content (AvgIpc) is 2.14. The molecule has 1 aliphatic heterocycles. The van der Waals surface area contributed by atoms with Gasteiger partial charge >= 0.3 is 0 Å². The Bertz CT molecular complexity index is 157. The molecular weight excluding hydrogens is 174 g/mol. The van der Waals surface area contributed by atoms with E-state index < -0.39 is 0 Å². The Hall–Kier alpha value is -0.120. The highest BCUT2D eigenvalue weighted by Crippen LogP contribution is 2.10. The highest BCUT2D eigenvalue weighted by molar-refractivity contribution is 4.87. The molecule has 0 aromatic carbocycles. The molecule has 1 saturated heterocycles. The van der Waals surface area contributed by atoms with E-state index in [4.69, 9.17) is 0 Å². The Balaban J connectivity index is 2.42. The molecule has 2 atom stereocenters. The number of rotatable bonds is 4. The molecule has 1 rings (SSSR count). The first-order chi connectivity index (χ1) is 6.63. The Morgan fingerprint density at radius 1 is 1.50 bits per heavy atom. The van der Waals surface area contributed by atoms with Crippen LogP contribution in [0, 0.1) is 5.92 Å². The van der Waals surface area contributed by atoms with Crippen LogP contribution in [0.3, 0.4) is 0 Å². The van der Waals surface area contributed by atoms with Crippen molar-refractivity contribution in [3.05, 3.63) is 0 Å². The van der Waals surface area contributed by atoms with Crippen molar-refractivity contribution in [3.63, 3.8) is 0 Å². The molecule has 0 amide bonds. The van der Waals surface area contributed by atoms with Crippen LogP contribution >= 0.6 is 0 Å². The summed E-state index contributed by atoms with van der Waals surface area (Å²) in [5, 5.41) is 7.04. The zero-order valence-corrected chi connectivity index (χ0v) is 10.0. The second-order valence-corrected chi connectivity index (χ2v) is 4.85. The van der Waals surface area contributed by atoms with Crippen LogP contribution < -0.4 is 10.6 Å². The SMILES string of the molecule is CNC(CC(C)C)C1CN(C)CCN1. The molecule has 0 saturated carbocycles. The molecule has 0 aromatic rings. The van der Waals surface area contributed by atoms with Gasteiger partial charge in [0, 0.05) is 31.7 Å². The van der Waals surface area contributed by atoms with Gasteiger partial charge in [-0.2, -0.15) is 0 Å². The number of piperazine rings is 1. The lowest BCUT2D eigenvalue weighted by atomic mass is 9.96. The summed E-state index contributed by atoms with van der Waals surface area (Å²) < 4.78 is 0. The van der Waals surface area contributed by atoms with Crippen LogP contribution in [-0.4, -0.2) is 50.7 Å². The smallest absolute Gasteiger partial charge is 0.0349 e. The van der Waals surface area contributed by atoms with Gasteiger partial charge in [0.15, 0.2) is 0 Å². The first kappa shape index (κ1) is 12.0. The van der Waals surface area contributed by atoms with Crippen LogP contribution in [0.4, 0.5) is 0 Å². The van der Waals surface area contributed by atoms with Gasteiger partial charge in [-0.3, -0.25) is 0 Å². The number of hydrogen-bond acceptors (Lipinski definition) is 3. The molecule has 2 N–H and O–H groups in total. The van der Waals surface area contributed by atoms with Crippen LogP contribution in [-0.2, 0) is 0 Å². The van der Waals surface area contributed by atoms with E-state index >= 15 is 0 Å². The Morgan fingerprint density at radius 3 is 2.71 bits per heavy atom. The predicted molar refractivity (Wildman–Crippen MR) is 61.6 cm³/mol. The minimum atomic E-state index is 0.609. The summed E-state index contributed by atoms with van der Waals surface area (Å²) in [5.41, 5.74) is 0. The van der Waals surface area contributed by atoms with E-state index in [-0.39, 0.29) is 0 Å². The van der Waals surface area contributed by atoms with Crippen molar-refractivity contribution in [2.24, 2.45) is 5.92 Å². The third-order valence-corrected chi connectivity index (χ3v) is 2.99. The van der Waals surface area contributed by atoms with E-state index in [0.717, 1.165) is 19.0 Å². The highest BCUT2D eigenvalue weighted by Gasteiger charge is 2.24. The topological polar surface area (TPSA) is 27.3 Å². The molecule has 0 radical (unpaired) electrons. The summed E-state index contributed by atoms with van der Waals surface area (Å²) in [6.07, 6.45) is 1.25. The quantitative estimate of drug-likeness (QED) is 0.691. The zero-order chi connectivity index (χ0) is 10.6. The summed E-state index contributed by atoms with van der Waals surface area (Å²) in [6.45, 7) is 8.04. The van der Waals surface area contributed by atoms with Gasteiger partial charge in [-0.05, 0) is 26.4 Å². The fraction of sp³-hybridized carbons (Fsp3) is 1.00. The highest BCUT2D eigenvalue weighted by atomic mass is 15.2. The van der Waals surface area contributed by atoms with Crippen LogP contribution in [0.1, 0.15) is 20.3 Å². The number of nitrogens with zero attached hydrogens (tertiary/aromatic N) is 1. The Labute approximate surface area is 88.2 Å². The van der Waals surface area contributed by atoms with Crippen LogP contribution in [0.2, 0.25) is 0 Å². The fourth-order valence-electron chi connectivity index (χ4n) is 2.19. The largest absolute Gasteiger partial charge is 0.315 e. The molecule has 0 bridgehead atoms. The maximum Gasteiger partial charge on any atom is 0.0349 e. The normalized spacial score (nSPS) is 26.8. The Kier molecular flexibility index (Phi) is 4.85. The van der Waals surface area contributed by atoms with E-state index in [2.05, 4.69) is 43.5 Å². The van der Waals surface area contributed by atoms with Crippen molar-refractivity contribution < 1.29 is 0 Å². The second kappa shape index (κ2) is 5.69. The summed E-state index contributed by atoms with van der Waals surface area (Å²) in [6, 6.07) is 1.22. The zero-order valence-electron chi connectivity index (χ0n) is 10.0. The third-order valence-electron chi connectivity index (χ3n) is 2.99. The van der Waals surface area contributed by atoms with Gasteiger partial charge in [-0.15, -0.1) is 0 Å². The van der Waals surface area contributed by atoms with Gasteiger partial charge in [-0.25, -0.2) is 0 Å². The lowest BCUT2D eigenvalue weighted by Crippen LogP contribution is -2.57. The summed E-state index contributed by atoms with van der Waals surface area (Å²) in [4.78, 5) is 2.41. The van der Waals surface area contributed by atoms with Crippen molar-refractivity contribution in [2.75, 3.05) is 33.7 Å². The summed E-state index contributed by atoms with van der Waals surface area (Å²) in [7, 11) is 4.28. The number of hydrogen-bond donors (Lipinski definition) is 2. The number of nitrogens with one attached hydrogen (secondary N) is 2. The first-order valence-corrected chi connectivity index (χ1v) is 5.72. The summed E-state index contributed by atoms with van der Waals surface area (Å²) >= 11 is 0. The second-order valence-electron chi connectivity index (χ2n) is 4.85. The molecule has 1 aliphatic rings. The molecule has 1 heterocycles. The van der Waals surface area contributed by atoms with E-state index in [9.17, 15) is 0 Å². The van der Waals surface area contributed by atoms with E-state index in [1.165, 1.54) is 13.0 Å². The first-order valence-electron chi connectivity index (χ1n) is 5.72. The molecule has 0 aromatic heterocycles. The molecule has 3 nitrogen and oxygen atoms in total. The molecular formula is C11H25N3. The van der Waals surface area contributed by atoms with Crippen molar-refractivity contribution in [3.8, 4) is 0 Å². The predicted octanol–water partition coefficient (Wildman–Crippen LogP) is 0.524. The molecule has 0 spiro atoms. The van der Waals surface area contributed by atoms with Crippen LogP contribution in [0.5, 0.6) is 0 Å². The van der Waals surface area contributed by atoms with E-state index in [1.807, 2.05) is 0 Å². The summed E-state index contributed by atoms with van der Waals surface area (Å²) in [5.74, 6) is 0.765. The molecule has 3 heteroatoms. The monoisotopic (exact) mass is 199 g/mol. The van der Waals surface area contributed by atoms with Crippen molar-refractivity contribution in [1.29, 1.82) is 0 Å². The van der Waals surface area contributed by atoms with Gasteiger partial charge in [0.2, 0.25) is 0 Å². The minimum absolute atomic E-state index is 0.609.